The van der Waals surface area contributed by atoms with Gasteiger partial charge in [0.15, 0.2) is 0 Å². The maximum Gasteiger partial charge on any atom is 0.0540 e. The molecular weight excluding hydrogens is 565 g/mol. The molecule has 3 heteroatoms. The fourth-order valence-electron chi connectivity index (χ4n) is 6.18. The second-order valence-corrected chi connectivity index (χ2v) is 12.1. The molecule has 0 spiro atoms. The SMILES string of the molecule is c1ccc(N(c2cccc(-c3ccccc3N(c3ccccc3)c3ccccc3)c2)c2ccc3c(c2)sc2ccccc23)cc1. The standard InChI is InChI=1S/C42H30N2S/c1-4-16-32(17-5-1)43(36-27-28-39-38-24-11-13-26-41(38)45-42(39)30-36)35-22-14-15-31(29-35)37-23-10-12-25-40(37)44(33-18-6-2-7-19-33)34-20-8-3-9-21-34/h1-30H. The predicted molar refractivity (Wildman–Crippen MR) is 194 cm³/mol. The Morgan fingerprint density at radius 3 is 1.58 bits per heavy atom. The second-order valence-electron chi connectivity index (χ2n) is 11.0. The first-order valence-corrected chi connectivity index (χ1v) is 16.0. The summed E-state index contributed by atoms with van der Waals surface area (Å²) in [6.07, 6.45) is 0. The summed E-state index contributed by atoms with van der Waals surface area (Å²) in [5.74, 6) is 0. The van der Waals surface area contributed by atoms with E-state index in [0.717, 1.165) is 39.7 Å². The fourth-order valence-corrected chi connectivity index (χ4v) is 7.32. The Morgan fingerprint density at radius 1 is 0.333 bits per heavy atom. The van der Waals surface area contributed by atoms with Crippen molar-refractivity contribution < 1.29 is 0 Å². The van der Waals surface area contributed by atoms with Gasteiger partial charge in [-0.1, -0.05) is 109 Å². The van der Waals surface area contributed by atoms with E-state index < -0.39 is 0 Å². The Hall–Kier alpha value is -5.64. The summed E-state index contributed by atoms with van der Waals surface area (Å²) in [5.41, 5.74) is 9.07. The maximum absolute atomic E-state index is 2.36. The van der Waals surface area contributed by atoms with Gasteiger partial charge in [-0.05, 0) is 78.4 Å². The van der Waals surface area contributed by atoms with Gasteiger partial charge in [-0.2, -0.15) is 0 Å². The van der Waals surface area contributed by atoms with E-state index in [1.165, 1.54) is 25.7 Å². The highest BCUT2D eigenvalue weighted by Crippen LogP contribution is 2.44. The summed E-state index contributed by atoms with van der Waals surface area (Å²) in [6, 6.07) is 65.0. The van der Waals surface area contributed by atoms with Crippen LogP contribution in [0.4, 0.5) is 34.1 Å². The number of nitrogens with zero attached hydrogens (tertiary/aromatic N) is 2. The molecule has 0 unspecified atom stereocenters. The van der Waals surface area contributed by atoms with Crippen LogP contribution in [0.5, 0.6) is 0 Å². The molecule has 214 valence electrons. The molecule has 8 aromatic rings. The average Bonchev–Trinajstić information content (AvgIpc) is 3.48. The Balaban J connectivity index is 1.28. The summed E-state index contributed by atoms with van der Waals surface area (Å²) in [7, 11) is 0. The molecule has 0 aliphatic rings. The summed E-state index contributed by atoms with van der Waals surface area (Å²) in [4.78, 5) is 4.70. The zero-order valence-corrected chi connectivity index (χ0v) is 25.4. The van der Waals surface area contributed by atoms with Gasteiger partial charge in [0.2, 0.25) is 0 Å². The van der Waals surface area contributed by atoms with E-state index in [9.17, 15) is 0 Å². The van der Waals surface area contributed by atoms with Crippen molar-refractivity contribution in [2.45, 2.75) is 0 Å². The molecular formula is C42H30N2S. The molecule has 0 saturated carbocycles. The third-order valence-corrected chi connectivity index (χ3v) is 9.36. The molecule has 7 aromatic carbocycles. The molecule has 0 amide bonds. The van der Waals surface area contributed by atoms with Crippen LogP contribution in [0.25, 0.3) is 31.3 Å². The van der Waals surface area contributed by atoms with Crippen LogP contribution in [0, 0.1) is 0 Å². The Kier molecular flexibility index (Phi) is 7.07. The van der Waals surface area contributed by atoms with Crippen molar-refractivity contribution in [3.05, 3.63) is 182 Å². The van der Waals surface area contributed by atoms with Gasteiger partial charge in [-0.25, -0.2) is 0 Å². The molecule has 2 nitrogen and oxygen atoms in total. The van der Waals surface area contributed by atoms with Gasteiger partial charge in [0.05, 0.1) is 5.69 Å². The van der Waals surface area contributed by atoms with E-state index in [1.807, 2.05) is 11.3 Å². The Bertz CT molecular complexity index is 2180. The lowest BCUT2D eigenvalue weighted by atomic mass is 10.0. The molecule has 1 heterocycles. The van der Waals surface area contributed by atoms with E-state index in [4.69, 9.17) is 0 Å². The van der Waals surface area contributed by atoms with E-state index in [-0.39, 0.29) is 0 Å². The van der Waals surface area contributed by atoms with E-state index in [2.05, 4.69) is 192 Å². The lowest BCUT2D eigenvalue weighted by Gasteiger charge is -2.29. The zero-order chi connectivity index (χ0) is 30.0. The van der Waals surface area contributed by atoms with Gasteiger partial charge >= 0.3 is 0 Å². The highest BCUT2D eigenvalue weighted by atomic mass is 32.1. The lowest BCUT2D eigenvalue weighted by molar-refractivity contribution is 1.28. The number of rotatable bonds is 7. The monoisotopic (exact) mass is 594 g/mol. The number of hydrogen-bond donors (Lipinski definition) is 0. The summed E-state index contributed by atoms with van der Waals surface area (Å²) in [6.45, 7) is 0. The number of para-hydroxylation sites is 4. The maximum atomic E-state index is 2.36. The van der Waals surface area contributed by atoms with Crippen LogP contribution in [0.15, 0.2) is 182 Å². The van der Waals surface area contributed by atoms with Crippen molar-refractivity contribution in [2.75, 3.05) is 9.80 Å². The smallest absolute Gasteiger partial charge is 0.0540 e. The highest BCUT2D eigenvalue weighted by molar-refractivity contribution is 7.25. The molecule has 0 bridgehead atoms. The van der Waals surface area contributed by atoms with E-state index >= 15 is 0 Å². The number of anilines is 6. The van der Waals surface area contributed by atoms with Crippen molar-refractivity contribution in [3.63, 3.8) is 0 Å². The van der Waals surface area contributed by atoms with Gasteiger partial charge in [-0.3, -0.25) is 0 Å². The Labute approximate surface area is 267 Å². The average molecular weight is 595 g/mol. The minimum atomic E-state index is 1.11. The fraction of sp³-hybridized carbons (Fsp3) is 0. The molecule has 0 N–H and O–H groups in total. The Morgan fingerprint density at radius 2 is 0.867 bits per heavy atom. The second kappa shape index (κ2) is 11.8. The third kappa shape index (κ3) is 5.14. The minimum absolute atomic E-state index is 1.11. The molecule has 0 aliphatic carbocycles. The zero-order valence-electron chi connectivity index (χ0n) is 24.6. The van der Waals surface area contributed by atoms with Gasteiger partial charge < -0.3 is 9.80 Å². The highest BCUT2D eigenvalue weighted by Gasteiger charge is 2.19. The van der Waals surface area contributed by atoms with Crippen molar-refractivity contribution >= 4 is 65.6 Å². The summed E-state index contributed by atoms with van der Waals surface area (Å²) < 4.78 is 2.60. The summed E-state index contributed by atoms with van der Waals surface area (Å²) in [5, 5.41) is 2.62. The molecule has 0 radical (unpaired) electrons. The van der Waals surface area contributed by atoms with Crippen molar-refractivity contribution in [2.24, 2.45) is 0 Å². The third-order valence-electron chi connectivity index (χ3n) is 8.22. The van der Waals surface area contributed by atoms with E-state index in [1.54, 1.807) is 0 Å². The first-order chi connectivity index (χ1) is 22.3. The lowest BCUT2D eigenvalue weighted by Crippen LogP contribution is -2.11. The molecule has 1 aromatic heterocycles. The molecule has 45 heavy (non-hydrogen) atoms. The van der Waals surface area contributed by atoms with Crippen molar-refractivity contribution in [1.82, 2.24) is 0 Å². The molecule has 0 fully saturated rings. The van der Waals surface area contributed by atoms with Crippen molar-refractivity contribution in [1.29, 1.82) is 0 Å². The quantitative estimate of drug-likeness (QED) is 0.181. The normalized spacial score (nSPS) is 11.1. The van der Waals surface area contributed by atoms with Crippen LogP contribution in [0.2, 0.25) is 0 Å². The van der Waals surface area contributed by atoms with Crippen LogP contribution in [0.3, 0.4) is 0 Å². The minimum Gasteiger partial charge on any atom is -0.310 e. The topological polar surface area (TPSA) is 6.48 Å². The van der Waals surface area contributed by atoms with Crippen LogP contribution in [0.1, 0.15) is 0 Å². The van der Waals surface area contributed by atoms with Gasteiger partial charge in [-0.15, -0.1) is 11.3 Å². The van der Waals surface area contributed by atoms with Crippen LogP contribution in [-0.2, 0) is 0 Å². The van der Waals surface area contributed by atoms with Crippen LogP contribution in [-0.4, -0.2) is 0 Å². The number of benzene rings is 7. The van der Waals surface area contributed by atoms with E-state index in [0.29, 0.717) is 0 Å². The van der Waals surface area contributed by atoms with Crippen molar-refractivity contribution in [3.8, 4) is 11.1 Å². The molecule has 0 atom stereocenters. The van der Waals surface area contributed by atoms with Crippen LogP contribution >= 0.6 is 11.3 Å². The first kappa shape index (κ1) is 26.9. The molecule has 0 aliphatic heterocycles. The van der Waals surface area contributed by atoms with Gasteiger partial charge in [0.1, 0.15) is 0 Å². The van der Waals surface area contributed by atoms with Gasteiger partial charge in [0, 0.05) is 54.2 Å². The molecule has 8 rings (SSSR count). The summed E-state index contributed by atoms with van der Waals surface area (Å²) >= 11 is 1.85. The number of thiophene rings is 1. The largest absolute Gasteiger partial charge is 0.310 e. The number of fused-ring (bicyclic) bond motifs is 3. The van der Waals surface area contributed by atoms with Gasteiger partial charge in [0.25, 0.3) is 0 Å². The van der Waals surface area contributed by atoms with Crippen LogP contribution < -0.4 is 9.80 Å². The molecule has 0 saturated heterocycles. The number of hydrogen-bond acceptors (Lipinski definition) is 3. The predicted octanol–water partition coefficient (Wildman–Crippen LogP) is 12.7. The first-order valence-electron chi connectivity index (χ1n) is 15.2.